The number of ether oxygens (including phenoxy) is 3. The van der Waals surface area contributed by atoms with Crippen molar-refractivity contribution >= 4 is 21.9 Å². The maximum atomic E-state index is 12.5. The van der Waals surface area contributed by atoms with Gasteiger partial charge in [-0.25, -0.2) is 4.79 Å². The van der Waals surface area contributed by atoms with Crippen molar-refractivity contribution in [3.63, 3.8) is 0 Å². The van der Waals surface area contributed by atoms with Crippen LogP contribution < -0.4 is 0 Å². The minimum Gasteiger partial charge on any atom is -0.456 e. The third kappa shape index (κ3) is 1.61. The van der Waals surface area contributed by atoms with Crippen molar-refractivity contribution in [3.8, 4) is 0 Å². The van der Waals surface area contributed by atoms with Crippen molar-refractivity contribution in [1.82, 2.24) is 0 Å². The lowest BCUT2D eigenvalue weighted by molar-refractivity contribution is -0.0275. The number of benzene rings is 1. The topological polar surface area (TPSA) is 48.1 Å². The Morgan fingerprint density at radius 2 is 1.78 bits per heavy atom. The zero-order chi connectivity index (χ0) is 15.3. The van der Waals surface area contributed by atoms with E-state index >= 15 is 0 Å². The second-order valence-electron chi connectivity index (χ2n) is 7.53. The number of rotatable bonds is 2. The van der Waals surface area contributed by atoms with Crippen LogP contribution in [-0.2, 0) is 14.2 Å². The van der Waals surface area contributed by atoms with E-state index in [0.29, 0.717) is 40.2 Å². The van der Waals surface area contributed by atoms with Gasteiger partial charge in [-0.3, -0.25) is 0 Å². The Morgan fingerprint density at radius 1 is 1.00 bits per heavy atom. The van der Waals surface area contributed by atoms with Gasteiger partial charge in [0, 0.05) is 10.7 Å². The highest BCUT2D eigenvalue weighted by molar-refractivity contribution is 9.09. The molecule has 2 bridgehead atoms. The van der Waals surface area contributed by atoms with Gasteiger partial charge in [-0.05, 0) is 36.3 Å². The summed E-state index contributed by atoms with van der Waals surface area (Å²) < 4.78 is 18.2. The molecule has 0 aromatic heterocycles. The van der Waals surface area contributed by atoms with Crippen LogP contribution in [-0.4, -0.2) is 41.3 Å². The number of fused-ring (bicyclic) bond motifs is 4. The Hall–Kier alpha value is -0.910. The maximum Gasteiger partial charge on any atom is 0.338 e. The summed E-state index contributed by atoms with van der Waals surface area (Å²) in [4.78, 5) is 12.9. The SMILES string of the molecule is O=C(O[C@H]1[C@@H]2O[C@@H]2[C@@H]2O[C@@H]3[C@H](Br)[C@@H]4C[C@H]3[C@H]2[C@@H]41)c1ccccc1. The lowest BCUT2D eigenvalue weighted by Gasteiger charge is -2.38. The van der Waals surface area contributed by atoms with Crippen LogP contribution in [0.3, 0.4) is 0 Å². The summed E-state index contributed by atoms with van der Waals surface area (Å²) in [5.74, 6) is 1.81. The molecule has 120 valence electrons. The fourth-order valence-electron chi connectivity index (χ4n) is 5.84. The predicted molar refractivity (Wildman–Crippen MR) is 84.3 cm³/mol. The minimum absolute atomic E-state index is 0.0340. The molecule has 1 aromatic carbocycles. The Labute approximate surface area is 142 Å². The molecule has 23 heavy (non-hydrogen) atoms. The summed E-state index contributed by atoms with van der Waals surface area (Å²) in [6, 6.07) is 9.25. The van der Waals surface area contributed by atoms with Crippen LogP contribution in [0.25, 0.3) is 0 Å². The molecule has 5 aliphatic rings. The van der Waals surface area contributed by atoms with Gasteiger partial charge in [-0.15, -0.1) is 0 Å². The van der Waals surface area contributed by atoms with Crippen LogP contribution in [0.15, 0.2) is 30.3 Å². The second-order valence-corrected chi connectivity index (χ2v) is 8.59. The first-order chi connectivity index (χ1) is 11.2. The van der Waals surface area contributed by atoms with Gasteiger partial charge in [0.05, 0.1) is 17.8 Å². The third-order valence-electron chi connectivity index (χ3n) is 6.66. The molecule has 5 heteroatoms. The summed E-state index contributed by atoms with van der Waals surface area (Å²) in [5.41, 5.74) is 0.617. The number of hydrogen-bond donors (Lipinski definition) is 0. The predicted octanol–water partition coefficient (Wildman–Crippen LogP) is 2.41. The van der Waals surface area contributed by atoms with Crippen LogP contribution in [0.2, 0.25) is 0 Å². The fraction of sp³-hybridized carbons (Fsp3) is 0.611. The fourth-order valence-corrected chi connectivity index (χ4v) is 6.92. The van der Waals surface area contributed by atoms with E-state index in [1.54, 1.807) is 0 Å². The molecule has 0 spiro atoms. The average molecular weight is 377 g/mol. The van der Waals surface area contributed by atoms with Gasteiger partial charge < -0.3 is 14.2 Å². The highest BCUT2D eigenvalue weighted by atomic mass is 79.9. The van der Waals surface area contributed by atoms with Gasteiger partial charge in [-0.2, -0.15) is 0 Å². The van der Waals surface area contributed by atoms with Gasteiger partial charge >= 0.3 is 5.97 Å². The normalized spacial score (nSPS) is 54.0. The minimum atomic E-state index is -0.229. The van der Waals surface area contributed by atoms with Crippen LogP contribution in [0.5, 0.6) is 0 Å². The lowest BCUT2D eigenvalue weighted by atomic mass is 9.69. The molecule has 0 N–H and O–H groups in total. The molecule has 5 fully saturated rings. The summed E-state index contributed by atoms with van der Waals surface area (Å²) in [6.45, 7) is 0. The summed E-state index contributed by atoms with van der Waals surface area (Å²) in [6.07, 6.45) is 1.80. The first-order valence-corrected chi connectivity index (χ1v) is 9.36. The van der Waals surface area contributed by atoms with Crippen molar-refractivity contribution < 1.29 is 19.0 Å². The highest BCUT2D eigenvalue weighted by Crippen LogP contribution is 2.68. The van der Waals surface area contributed by atoms with Crippen molar-refractivity contribution in [2.24, 2.45) is 23.7 Å². The van der Waals surface area contributed by atoms with Gasteiger partial charge in [0.2, 0.25) is 0 Å². The first-order valence-electron chi connectivity index (χ1n) is 8.45. The number of alkyl halides is 1. The van der Waals surface area contributed by atoms with Crippen LogP contribution in [0.1, 0.15) is 16.8 Å². The Kier molecular flexibility index (Phi) is 2.55. The molecule has 2 saturated heterocycles. The molecule has 10 atom stereocenters. The van der Waals surface area contributed by atoms with Gasteiger partial charge in [-0.1, -0.05) is 34.1 Å². The standard InChI is InChI=1S/C18H17BrO4/c19-12-8-6-9-11-10(8)15(17-16(22-17)14(11)21-13(9)12)23-18(20)7-4-2-1-3-5-7/h1-5,8-17H,6H2/t8-,9+,10-,11+,12-,13+,14-,15-,16-,17+/m1/s1. The average Bonchev–Trinajstić information content (AvgIpc) is 3.04. The van der Waals surface area contributed by atoms with Gasteiger partial charge in [0.25, 0.3) is 0 Å². The van der Waals surface area contributed by atoms with E-state index in [-0.39, 0.29) is 30.4 Å². The smallest absolute Gasteiger partial charge is 0.338 e. The summed E-state index contributed by atoms with van der Waals surface area (Å²) in [5, 5.41) is 0. The molecule has 3 aliphatic carbocycles. The largest absolute Gasteiger partial charge is 0.456 e. The van der Waals surface area contributed by atoms with E-state index in [4.69, 9.17) is 14.2 Å². The van der Waals surface area contributed by atoms with E-state index < -0.39 is 0 Å². The zero-order valence-corrected chi connectivity index (χ0v) is 14.0. The van der Waals surface area contributed by atoms with E-state index in [2.05, 4.69) is 15.9 Å². The zero-order valence-electron chi connectivity index (χ0n) is 12.4. The van der Waals surface area contributed by atoms with Gasteiger partial charge in [0.1, 0.15) is 18.3 Å². The molecule has 3 saturated carbocycles. The molecule has 0 radical (unpaired) electrons. The highest BCUT2D eigenvalue weighted by Gasteiger charge is 2.76. The van der Waals surface area contributed by atoms with Crippen molar-refractivity contribution in [1.29, 1.82) is 0 Å². The number of epoxide rings is 1. The molecule has 4 nitrogen and oxygen atoms in total. The quantitative estimate of drug-likeness (QED) is 0.451. The van der Waals surface area contributed by atoms with E-state index in [1.807, 2.05) is 30.3 Å². The van der Waals surface area contributed by atoms with Gasteiger partial charge in [0.15, 0.2) is 0 Å². The molecular weight excluding hydrogens is 360 g/mol. The summed E-state index contributed by atoms with van der Waals surface area (Å²) >= 11 is 3.85. The van der Waals surface area contributed by atoms with Crippen LogP contribution >= 0.6 is 15.9 Å². The molecule has 6 rings (SSSR count). The number of carbonyl (C=O) groups is 1. The van der Waals surface area contributed by atoms with E-state index in [1.165, 1.54) is 6.42 Å². The molecule has 2 aliphatic heterocycles. The third-order valence-corrected chi connectivity index (χ3v) is 7.86. The number of esters is 1. The van der Waals surface area contributed by atoms with Crippen molar-refractivity contribution in [3.05, 3.63) is 35.9 Å². The maximum absolute atomic E-state index is 12.5. The number of halogens is 1. The van der Waals surface area contributed by atoms with E-state index in [9.17, 15) is 4.79 Å². The Bertz CT molecular complexity index is 679. The number of hydrogen-bond acceptors (Lipinski definition) is 4. The Morgan fingerprint density at radius 3 is 2.61 bits per heavy atom. The van der Waals surface area contributed by atoms with E-state index in [0.717, 1.165) is 0 Å². The molecule has 2 heterocycles. The lowest BCUT2D eigenvalue weighted by Crippen LogP contribution is -2.49. The molecule has 1 aromatic rings. The van der Waals surface area contributed by atoms with Crippen LogP contribution in [0.4, 0.5) is 0 Å². The van der Waals surface area contributed by atoms with Crippen molar-refractivity contribution in [2.45, 2.75) is 41.8 Å². The first kappa shape index (κ1) is 13.4. The van der Waals surface area contributed by atoms with Crippen LogP contribution in [0, 0.1) is 23.7 Å². The Balaban J connectivity index is 1.33. The monoisotopic (exact) mass is 376 g/mol. The molecule has 0 amide bonds. The van der Waals surface area contributed by atoms with Crippen molar-refractivity contribution in [2.75, 3.05) is 0 Å². The second kappa shape index (κ2) is 4.38. The molecule has 0 unspecified atom stereocenters. The number of carbonyl (C=O) groups excluding carboxylic acids is 1. The summed E-state index contributed by atoms with van der Waals surface area (Å²) in [7, 11) is 0. The molecular formula is C18H17BrO4.